The summed E-state index contributed by atoms with van der Waals surface area (Å²) >= 11 is 0. The highest BCUT2D eigenvalue weighted by atomic mass is 16.3. The van der Waals surface area contributed by atoms with E-state index in [1.54, 1.807) is 6.07 Å². The van der Waals surface area contributed by atoms with Crippen LogP contribution >= 0.6 is 0 Å². The highest BCUT2D eigenvalue weighted by Gasteiger charge is 2.15. The third-order valence-electron chi connectivity index (χ3n) is 4.15. The number of benzene rings is 3. The summed E-state index contributed by atoms with van der Waals surface area (Å²) < 4.78 is 1.87. The minimum Gasteiger partial charge on any atom is -0.508 e. The van der Waals surface area contributed by atoms with Crippen molar-refractivity contribution in [3.8, 4) is 28.5 Å². The second kappa shape index (κ2) is 7.11. The molecule has 0 atom stereocenters. The molecule has 26 heavy (non-hydrogen) atoms. The lowest BCUT2D eigenvalue weighted by atomic mass is 10.2. The van der Waals surface area contributed by atoms with Gasteiger partial charge in [0.05, 0.1) is 6.54 Å². The molecule has 2 N–H and O–H groups in total. The van der Waals surface area contributed by atoms with Crippen molar-refractivity contribution in [2.45, 2.75) is 6.54 Å². The predicted octanol–water partition coefficient (Wildman–Crippen LogP) is 4.06. The summed E-state index contributed by atoms with van der Waals surface area (Å²) in [6, 6.07) is 27.1. The molecule has 128 valence electrons. The van der Waals surface area contributed by atoms with Crippen LogP contribution in [0.15, 0.2) is 84.9 Å². The van der Waals surface area contributed by atoms with Crippen LogP contribution in [-0.4, -0.2) is 20.0 Å². The first kappa shape index (κ1) is 15.9. The van der Waals surface area contributed by atoms with Crippen molar-refractivity contribution in [1.82, 2.24) is 14.9 Å². The van der Waals surface area contributed by atoms with Gasteiger partial charge in [0.25, 0.3) is 0 Å². The van der Waals surface area contributed by atoms with Crippen LogP contribution in [0.25, 0.3) is 22.8 Å². The van der Waals surface area contributed by atoms with Gasteiger partial charge in [-0.3, -0.25) is 0 Å². The van der Waals surface area contributed by atoms with Gasteiger partial charge in [-0.1, -0.05) is 78.9 Å². The van der Waals surface area contributed by atoms with Crippen LogP contribution in [0.3, 0.4) is 0 Å². The molecule has 5 nitrogen and oxygen atoms in total. The molecule has 1 aromatic heterocycles. The molecular formula is C21H18N4O. The molecule has 0 aliphatic rings. The van der Waals surface area contributed by atoms with E-state index in [2.05, 4.69) is 15.6 Å². The van der Waals surface area contributed by atoms with Gasteiger partial charge < -0.3 is 10.5 Å². The summed E-state index contributed by atoms with van der Waals surface area (Å²) in [6.45, 7) is 0.449. The van der Waals surface area contributed by atoms with Crippen LogP contribution < -0.4 is 5.43 Å². The monoisotopic (exact) mass is 342 g/mol. The van der Waals surface area contributed by atoms with Gasteiger partial charge in [0.15, 0.2) is 11.6 Å². The zero-order valence-corrected chi connectivity index (χ0v) is 14.1. The fraction of sp³-hybridized carbons (Fsp3) is 0.0476. The number of hydrogen-bond donors (Lipinski definition) is 2. The lowest BCUT2D eigenvalue weighted by Crippen LogP contribution is -2.17. The lowest BCUT2D eigenvalue weighted by Gasteiger charge is -2.14. The number of aromatic nitrogens is 3. The molecule has 0 bridgehead atoms. The molecule has 0 unspecified atom stereocenters. The molecule has 0 amide bonds. The number of rotatable bonds is 5. The number of aromatic hydroxyl groups is 1. The summed E-state index contributed by atoms with van der Waals surface area (Å²) in [7, 11) is 0. The van der Waals surface area contributed by atoms with E-state index in [4.69, 9.17) is 0 Å². The number of hydrogen-bond acceptors (Lipinski definition) is 4. The molecule has 0 radical (unpaired) electrons. The Bertz CT molecular complexity index is 940. The Morgan fingerprint density at radius 2 is 1.19 bits per heavy atom. The van der Waals surface area contributed by atoms with Crippen LogP contribution in [0.4, 0.5) is 0 Å². The molecule has 1 heterocycles. The first-order chi connectivity index (χ1) is 12.8. The van der Waals surface area contributed by atoms with Gasteiger partial charge in [0, 0.05) is 16.7 Å². The van der Waals surface area contributed by atoms with Gasteiger partial charge in [-0.25, -0.2) is 4.68 Å². The molecule has 4 aromatic rings. The Morgan fingerprint density at radius 3 is 1.73 bits per heavy atom. The molecule has 3 aromatic carbocycles. The molecule has 0 spiro atoms. The molecule has 0 saturated carbocycles. The highest BCUT2D eigenvalue weighted by Crippen LogP contribution is 2.24. The summed E-state index contributed by atoms with van der Waals surface area (Å²) in [6.07, 6.45) is 0. The van der Waals surface area contributed by atoms with E-state index in [-0.39, 0.29) is 5.75 Å². The average molecular weight is 342 g/mol. The number of nitrogens with zero attached hydrogens (tertiary/aromatic N) is 3. The Balaban J connectivity index is 1.75. The minimum absolute atomic E-state index is 0.260. The van der Waals surface area contributed by atoms with Crippen LogP contribution in [0.2, 0.25) is 0 Å². The van der Waals surface area contributed by atoms with Gasteiger partial charge in [0.2, 0.25) is 0 Å². The van der Waals surface area contributed by atoms with Crippen molar-refractivity contribution in [1.29, 1.82) is 0 Å². The molecule has 0 saturated heterocycles. The van der Waals surface area contributed by atoms with E-state index in [1.165, 1.54) is 0 Å². The van der Waals surface area contributed by atoms with Crippen LogP contribution in [0.1, 0.15) is 5.56 Å². The Kier molecular flexibility index (Phi) is 4.35. The molecular weight excluding hydrogens is 324 g/mol. The second-order valence-electron chi connectivity index (χ2n) is 5.88. The first-order valence-electron chi connectivity index (χ1n) is 8.40. The standard InChI is InChI=1S/C21H18N4O/c26-19-14-8-7-13-18(19)15-22-25-20(16-9-3-1-4-10-16)23-24-21(25)17-11-5-2-6-12-17/h1-14,22,26H,15H2. The van der Waals surface area contributed by atoms with Crippen molar-refractivity contribution in [2.75, 3.05) is 5.43 Å². The zero-order chi connectivity index (χ0) is 17.8. The Morgan fingerprint density at radius 1 is 0.692 bits per heavy atom. The van der Waals surface area contributed by atoms with E-state index in [9.17, 15) is 5.11 Å². The summed E-state index contributed by atoms with van der Waals surface area (Å²) in [5.41, 5.74) is 6.08. The van der Waals surface area contributed by atoms with Crippen molar-refractivity contribution in [3.63, 3.8) is 0 Å². The van der Waals surface area contributed by atoms with Gasteiger partial charge in [-0.2, -0.15) is 0 Å². The summed E-state index contributed by atoms with van der Waals surface area (Å²) in [5.74, 6) is 1.70. The highest BCUT2D eigenvalue weighted by molar-refractivity contribution is 5.63. The maximum atomic E-state index is 10.0. The average Bonchev–Trinajstić information content (AvgIpc) is 3.12. The smallest absolute Gasteiger partial charge is 0.182 e. The number of para-hydroxylation sites is 1. The van der Waals surface area contributed by atoms with Crippen LogP contribution in [0, 0.1) is 0 Å². The minimum atomic E-state index is 0.260. The van der Waals surface area contributed by atoms with Crippen molar-refractivity contribution < 1.29 is 5.11 Å². The SMILES string of the molecule is Oc1ccccc1CNn1c(-c2ccccc2)nnc1-c1ccccc1. The normalized spacial score (nSPS) is 10.6. The number of phenolic OH excluding ortho intramolecular Hbond substituents is 1. The van der Waals surface area contributed by atoms with Crippen LogP contribution in [0.5, 0.6) is 5.75 Å². The topological polar surface area (TPSA) is 63.0 Å². The fourth-order valence-corrected chi connectivity index (χ4v) is 2.81. The maximum absolute atomic E-state index is 10.0. The predicted molar refractivity (Wildman–Crippen MR) is 102 cm³/mol. The van der Waals surface area contributed by atoms with Crippen molar-refractivity contribution in [2.24, 2.45) is 0 Å². The first-order valence-corrected chi connectivity index (χ1v) is 8.40. The Labute approximate surface area is 151 Å². The lowest BCUT2D eigenvalue weighted by molar-refractivity contribution is 0.468. The van der Waals surface area contributed by atoms with Gasteiger partial charge in [-0.05, 0) is 6.07 Å². The zero-order valence-electron chi connectivity index (χ0n) is 14.1. The molecule has 5 heteroatoms. The molecule has 0 fully saturated rings. The van der Waals surface area contributed by atoms with Crippen molar-refractivity contribution >= 4 is 0 Å². The van der Waals surface area contributed by atoms with Crippen LogP contribution in [-0.2, 0) is 6.54 Å². The maximum Gasteiger partial charge on any atom is 0.182 e. The van der Waals surface area contributed by atoms with Gasteiger partial charge in [0.1, 0.15) is 5.75 Å². The number of nitrogens with one attached hydrogen (secondary N) is 1. The van der Waals surface area contributed by atoms with E-state index in [0.717, 1.165) is 28.3 Å². The van der Waals surface area contributed by atoms with E-state index < -0.39 is 0 Å². The number of phenols is 1. The Hall–Kier alpha value is -3.60. The second-order valence-corrected chi connectivity index (χ2v) is 5.88. The molecule has 4 rings (SSSR count). The summed E-state index contributed by atoms with van der Waals surface area (Å²) in [4.78, 5) is 0. The van der Waals surface area contributed by atoms with E-state index >= 15 is 0 Å². The van der Waals surface area contributed by atoms with E-state index in [1.807, 2.05) is 83.5 Å². The summed E-state index contributed by atoms with van der Waals surface area (Å²) in [5, 5.41) is 18.8. The third-order valence-corrected chi connectivity index (χ3v) is 4.15. The van der Waals surface area contributed by atoms with Crippen molar-refractivity contribution in [3.05, 3.63) is 90.5 Å². The third kappa shape index (κ3) is 3.15. The largest absolute Gasteiger partial charge is 0.508 e. The quantitative estimate of drug-likeness (QED) is 0.574. The van der Waals surface area contributed by atoms with Gasteiger partial charge in [-0.15, -0.1) is 10.2 Å². The van der Waals surface area contributed by atoms with Gasteiger partial charge >= 0.3 is 0 Å². The van der Waals surface area contributed by atoms with E-state index in [0.29, 0.717) is 6.54 Å². The fourth-order valence-electron chi connectivity index (χ4n) is 2.81. The molecule has 0 aliphatic carbocycles. The molecule has 0 aliphatic heterocycles.